The predicted octanol–water partition coefficient (Wildman–Crippen LogP) is 0.0621. The Morgan fingerprint density at radius 2 is 1.92 bits per heavy atom. The van der Waals surface area contributed by atoms with Crippen LogP contribution < -0.4 is 24.8 Å². The second-order valence-electron chi connectivity index (χ2n) is 5.38. The number of nitrogens with zero attached hydrogens (tertiary/aromatic N) is 1. The Balaban J connectivity index is 1.65. The number of rotatable bonds is 8. The van der Waals surface area contributed by atoms with Gasteiger partial charge in [-0.1, -0.05) is 6.07 Å². The van der Waals surface area contributed by atoms with E-state index in [1.165, 1.54) is 0 Å². The highest BCUT2D eigenvalue weighted by molar-refractivity contribution is 7.88. The van der Waals surface area contributed by atoms with Gasteiger partial charge in [0.05, 0.1) is 6.26 Å². The molecule has 0 spiro atoms. The fourth-order valence-electron chi connectivity index (χ4n) is 2.20. The molecule has 1 aromatic carbocycles. The predicted molar refractivity (Wildman–Crippen MR) is 93.1 cm³/mol. The van der Waals surface area contributed by atoms with Crippen LogP contribution in [0.3, 0.4) is 0 Å². The lowest BCUT2D eigenvalue weighted by Crippen LogP contribution is -2.39. The maximum atomic E-state index is 10.9. The van der Waals surface area contributed by atoms with Crippen LogP contribution in [-0.4, -0.2) is 54.1 Å². The van der Waals surface area contributed by atoms with E-state index < -0.39 is 10.0 Å². The first-order chi connectivity index (χ1) is 11.5. The molecule has 0 aliphatic carbocycles. The third-order valence-corrected chi connectivity index (χ3v) is 4.11. The van der Waals surface area contributed by atoms with E-state index in [-0.39, 0.29) is 6.79 Å². The average molecular weight is 356 g/mol. The quantitative estimate of drug-likeness (QED) is 0.346. The largest absolute Gasteiger partial charge is 0.454 e. The van der Waals surface area contributed by atoms with Gasteiger partial charge in [0.2, 0.25) is 16.8 Å². The SMILES string of the molecule is CN=C(NCCCNS(C)(=O)=O)NCCc1ccc2c(c1)OCO2. The Morgan fingerprint density at radius 1 is 1.17 bits per heavy atom. The van der Waals surface area contributed by atoms with Gasteiger partial charge in [-0.15, -0.1) is 0 Å². The van der Waals surface area contributed by atoms with Crippen molar-refractivity contribution in [2.24, 2.45) is 4.99 Å². The third kappa shape index (κ3) is 6.25. The lowest BCUT2D eigenvalue weighted by Gasteiger charge is -2.12. The van der Waals surface area contributed by atoms with Gasteiger partial charge >= 0.3 is 0 Å². The third-order valence-electron chi connectivity index (χ3n) is 3.38. The topological polar surface area (TPSA) is 101 Å². The van der Waals surface area contributed by atoms with Gasteiger partial charge < -0.3 is 20.1 Å². The molecule has 0 atom stereocenters. The van der Waals surface area contributed by atoms with Crippen LogP contribution in [0.1, 0.15) is 12.0 Å². The summed E-state index contributed by atoms with van der Waals surface area (Å²) in [6.07, 6.45) is 2.65. The molecule has 9 heteroatoms. The van der Waals surface area contributed by atoms with Gasteiger partial charge in [-0.05, 0) is 30.5 Å². The van der Waals surface area contributed by atoms with E-state index in [1.807, 2.05) is 18.2 Å². The summed E-state index contributed by atoms with van der Waals surface area (Å²) in [6, 6.07) is 5.92. The molecule has 0 bridgehead atoms. The number of sulfonamides is 1. The average Bonchev–Trinajstić information content (AvgIpc) is 2.99. The van der Waals surface area contributed by atoms with Crippen molar-refractivity contribution in [3.63, 3.8) is 0 Å². The van der Waals surface area contributed by atoms with E-state index in [9.17, 15) is 8.42 Å². The zero-order valence-electron chi connectivity index (χ0n) is 14.0. The smallest absolute Gasteiger partial charge is 0.231 e. The second kappa shape index (κ2) is 8.74. The van der Waals surface area contributed by atoms with Crippen LogP contribution in [0.4, 0.5) is 0 Å². The molecule has 8 nitrogen and oxygen atoms in total. The summed E-state index contributed by atoms with van der Waals surface area (Å²) in [7, 11) is -1.42. The van der Waals surface area contributed by atoms with E-state index >= 15 is 0 Å². The molecule has 3 N–H and O–H groups in total. The van der Waals surface area contributed by atoms with Crippen LogP contribution in [0.15, 0.2) is 23.2 Å². The van der Waals surface area contributed by atoms with Gasteiger partial charge in [-0.3, -0.25) is 4.99 Å². The molecule has 1 aliphatic heterocycles. The first kappa shape index (κ1) is 18.3. The van der Waals surface area contributed by atoms with E-state index in [2.05, 4.69) is 20.3 Å². The summed E-state index contributed by atoms with van der Waals surface area (Å²) in [6.45, 7) is 2.04. The fraction of sp³-hybridized carbons (Fsp3) is 0.533. The normalized spacial score (nSPS) is 13.8. The lowest BCUT2D eigenvalue weighted by molar-refractivity contribution is 0.174. The van der Waals surface area contributed by atoms with Crippen LogP contribution >= 0.6 is 0 Å². The monoisotopic (exact) mass is 356 g/mol. The fourth-order valence-corrected chi connectivity index (χ4v) is 2.71. The standard InChI is InChI=1S/C15H24N4O4S/c1-16-15(17-7-3-8-19-24(2,20)21)18-9-6-12-4-5-13-14(10-12)23-11-22-13/h4-5,10,19H,3,6-9,11H2,1-2H3,(H2,16,17,18). The number of hydrogen-bond donors (Lipinski definition) is 3. The number of benzene rings is 1. The van der Waals surface area contributed by atoms with Gasteiger partial charge in [-0.2, -0.15) is 0 Å². The molecule has 0 aromatic heterocycles. The van der Waals surface area contributed by atoms with Crippen LogP contribution in [0.2, 0.25) is 0 Å². The summed E-state index contributed by atoms with van der Waals surface area (Å²) >= 11 is 0. The van der Waals surface area contributed by atoms with E-state index in [0.29, 0.717) is 25.5 Å². The van der Waals surface area contributed by atoms with Gasteiger partial charge in [0, 0.05) is 26.7 Å². The van der Waals surface area contributed by atoms with E-state index in [1.54, 1.807) is 7.05 Å². The molecule has 0 fully saturated rings. The minimum Gasteiger partial charge on any atom is -0.454 e. The molecule has 0 saturated carbocycles. The highest BCUT2D eigenvalue weighted by Crippen LogP contribution is 2.32. The van der Waals surface area contributed by atoms with Crippen LogP contribution in [0.25, 0.3) is 0 Å². The van der Waals surface area contributed by atoms with Gasteiger partial charge in [-0.25, -0.2) is 13.1 Å². The second-order valence-corrected chi connectivity index (χ2v) is 7.22. The molecular formula is C15H24N4O4S. The van der Waals surface area contributed by atoms with Gasteiger partial charge in [0.15, 0.2) is 17.5 Å². The number of nitrogens with one attached hydrogen (secondary N) is 3. The lowest BCUT2D eigenvalue weighted by atomic mass is 10.1. The number of aliphatic imine (C=N–C) groups is 1. The maximum Gasteiger partial charge on any atom is 0.231 e. The van der Waals surface area contributed by atoms with E-state index in [0.717, 1.165) is 36.3 Å². The number of hydrogen-bond acceptors (Lipinski definition) is 5. The number of ether oxygens (including phenoxy) is 2. The molecule has 134 valence electrons. The molecule has 24 heavy (non-hydrogen) atoms. The van der Waals surface area contributed by atoms with Crippen LogP contribution in [0, 0.1) is 0 Å². The highest BCUT2D eigenvalue weighted by atomic mass is 32.2. The van der Waals surface area contributed by atoms with E-state index in [4.69, 9.17) is 9.47 Å². The maximum absolute atomic E-state index is 10.9. The minimum atomic E-state index is -3.12. The molecule has 0 saturated heterocycles. The molecule has 1 aromatic rings. The molecule has 0 unspecified atom stereocenters. The van der Waals surface area contributed by atoms with Crippen molar-refractivity contribution in [1.82, 2.24) is 15.4 Å². The Labute approximate surface area is 142 Å². The number of guanidine groups is 1. The summed E-state index contributed by atoms with van der Waals surface area (Å²) < 4.78 is 35.0. The van der Waals surface area contributed by atoms with Crippen molar-refractivity contribution in [1.29, 1.82) is 0 Å². The van der Waals surface area contributed by atoms with Crippen molar-refractivity contribution >= 4 is 16.0 Å². The molecule has 2 rings (SSSR count). The summed E-state index contributed by atoms with van der Waals surface area (Å²) in [5.74, 6) is 2.26. The van der Waals surface area contributed by atoms with Crippen molar-refractivity contribution in [3.05, 3.63) is 23.8 Å². The summed E-state index contributed by atoms with van der Waals surface area (Å²) in [5, 5.41) is 6.36. The molecule has 0 radical (unpaired) electrons. The van der Waals surface area contributed by atoms with Crippen molar-refractivity contribution in [3.8, 4) is 11.5 Å². The summed E-state index contributed by atoms with van der Waals surface area (Å²) in [4.78, 5) is 4.13. The molecular weight excluding hydrogens is 332 g/mol. The Hall–Kier alpha value is -2.00. The van der Waals surface area contributed by atoms with Crippen molar-refractivity contribution < 1.29 is 17.9 Å². The van der Waals surface area contributed by atoms with Gasteiger partial charge in [0.25, 0.3) is 0 Å². The van der Waals surface area contributed by atoms with Crippen LogP contribution in [-0.2, 0) is 16.4 Å². The molecule has 1 heterocycles. The van der Waals surface area contributed by atoms with Crippen molar-refractivity contribution in [2.75, 3.05) is 39.7 Å². The Morgan fingerprint density at radius 3 is 2.67 bits per heavy atom. The highest BCUT2D eigenvalue weighted by Gasteiger charge is 2.12. The molecule has 0 amide bonds. The zero-order chi connectivity index (χ0) is 17.4. The zero-order valence-corrected chi connectivity index (χ0v) is 14.8. The van der Waals surface area contributed by atoms with Crippen molar-refractivity contribution in [2.45, 2.75) is 12.8 Å². The first-order valence-corrected chi connectivity index (χ1v) is 9.65. The summed E-state index contributed by atoms with van der Waals surface area (Å²) in [5.41, 5.74) is 1.15. The Kier molecular flexibility index (Phi) is 6.68. The first-order valence-electron chi connectivity index (χ1n) is 7.75. The number of fused-ring (bicyclic) bond motifs is 1. The minimum absolute atomic E-state index is 0.280. The van der Waals surface area contributed by atoms with Gasteiger partial charge in [0.1, 0.15) is 0 Å². The Bertz CT molecular complexity index is 676. The van der Waals surface area contributed by atoms with Crippen LogP contribution in [0.5, 0.6) is 11.5 Å². The molecule has 1 aliphatic rings.